The van der Waals surface area contributed by atoms with Crippen LogP contribution >= 0.6 is 0 Å². The Kier molecular flexibility index (Phi) is 4.61. The fourth-order valence-electron chi connectivity index (χ4n) is 1.29. The van der Waals surface area contributed by atoms with E-state index in [2.05, 4.69) is 4.98 Å². The van der Waals surface area contributed by atoms with Gasteiger partial charge in [0.15, 0.2) is 6.10 Å². The van der Waals surface area contributed by atoms with E-state index >= 15 is 0 Å². The van der Waals surface area contributed by atoms with Crippen molar-refractivity contribution in [1.82, 2.24) is 10.3 Å². The van der Waals surface area contributed by atoms with Crippen molar-refractivity contribution >= 4 is 11.9 Å². The van der Waals surface area contributed by atoms with E-state index in [4.69, 9.17) is 15.6 Å². The van der Waals surface area contributed by atoms with Gasteiger partial charge in [-0.15, -0.1) is 0 Å². The fourth-order valence-corrected chi connectivity index (χ4v) is 1.29. The van der Waals surface area contributed by atoms with Crippen LogP contribution < -0.4 is 15.8 Å². The molecule has 4 N–H and O–H groups in total. The van der Waals surface area contributed by atoms with E-state index in [1.165, 1.54) is 6.92 Å². The van der Waals surface area contributed by atoms with Gasteiger partial charge in [-0.3, -0.25) is 15.1 Å². The Bertz CT molecular complexity index is 462. The predicted octanol–water partition coefficient (Wildman–Crippen LogP) is -0.155. The molecule has 1 aromatic rings. The monoisotopic (exact) mass is 253 g/mol. The summed E-state index contributed by atoms with van der Waals surface area (Å²) in [5.41, 5.74) is 5.87. The largest absolute Gasteiger partial charge is 0.479 e. The van der Waals surface area contributed by atoms with Crippen LogP contribution in [-0.2, 0) is 11.4 Å². The van der Waals surface area contributed by atoms with Crippen molar-refractivity contribution in [3.8, 4) is 5.75 Å². The van der Waals surface area contributed by atoms with Gasteiger partial charge in [-0.25, -0.2) is 4.79 Å². The summed E-state index contributed by atoms with van der Waals surface area (Å²) in [6.07, 6.45) is -0.924. The molecule has 1 heterocycles. The van der Waals surface area contributed by atoms with Crippen molar-refractivity contribution in [1.29, 1.82) is 0 Å². The molecule has 0 saturated carbocycles. The highest BCUT2D eigenvalue weighted by molar-refractivity contribution is 5.95. The lowest BCUT2D eigenvalue weighted by Gasteiger charge is -2.15. The number of hydrogen-bond acceptors (Lipinski definition) is 5. The molecular formula is C11H15N3O4. The number of nitrogens with two attached hydrogens (primary N) is 1. The van der Waals surface area contributed by atoms with Gasteiger partial charge >= 0.3 is 6.03 Å². The van der Waals surface area contributed by atoms with E-state index in [0.717, 1.165) is 5.69 Å². The molecule has 1 rings (SSSR count). The van der Waals surface area contributed by atoms with Crippen LogP contribution in [0.15, 0.2) is 12.1 Å². The predicted molar refractivity (Wildman–Crippen MR) is 62.7 cm³/mol. The standard InChI is InChI=1S/C11H15N3O4/c1-6-3-4-9(8(5-15)13-6)18-7(2)10(16)14-11(12)17/h3-4,7,15H,5H2,1-2H3,(H3,12,14,16,17). The summed E-state index contributed by atoms with van der Waals surface area (Å²) in [7, 11) is 0. The number of pyridine rings is 1. The number of rotatable bonds is 4. The number of amides is 3. The summed E-state index contributed by atoms with van der Waals surface area (Å²) < 4.78 is 5.31. The second kappa shape index (κ2) is 5.97. The first-order chi connectivity index (χ1) is 8.43. The molecule has 0 aliphatic heterocycles. The Labute approximate surface area is 104 Å². The molecule has 7 nitrogen and oxygen atoms in total. The number of aliphatic hydroxyl groups excluding tert-OH is 1. The lowest BCUT2D eigenvalue weighted by Crippen LogP contribution is -2.42. The van der Waals surface area contributed by atoms with Crippen molar-refractivity contribution in [2.45, 2.75) is 26.6 Å². The van der Waals surface area contributed by atoms with E-state index in [1.54, 1.807) is 19.1 Å². The molecular weight excluding hydrogens is 238 g/mol. The van der Waals surface area contributed by atoms with E-state index in [1.807, 2.05) is 5.32 Å². The quantitative estimate of drug-likeness (QED) is 0.690. The van der Waals surface area contributed by atoms with Gasteiger partial charge < -0.3 is 15.6 Å². The molecule has 1 atom stereocenters. The molecule has 98 valence electrons. The molecule has 0 saturated heterocycles. The van der Waals surface area contributed by atoms with Crippen LogP contribution in [0.2, 0.25) is 0 Å². The molecule has 0 aliphatic rings. The molecule has 0 spiro atoms. The number of carbonyl (C=O) groups excluding carboxylic acids is 2. The van der Waals surface area contributed by atoms with Crippen molar-refractivity contribution in [3.05, 3.63) is 23.5 Å². The number of primary amides is 1. The molecule has 0 bridgehead atoms. The number of aromatic nitrogens is 1. The van der Waals surface area contributed by atoms with Crippen molar-refractivity contribution < 1.29 is 19.4 Å². The zero-order chi connectivity index (χ0) is 13.7. The van der Waals surface area contributed by atoms with Crippen molar-refractivity contribution in [2.24, 2.45) is 5.73 Å². The number of nitrogens with zero attached hydrogens (tertiary/aromatic N) is 1. The maximum absolute atomic E-state index is 11.4. The van der Waals surface area contributed by atoms with E-state index in [-0.39, 0.29) is 12.4 Å². The summed E-state index contributed by atoms with van der Waals surface area (Å²) in [6.45, 7) is 2.92. The van der Waals surface area contributed by atoms with Crippen LogP contribution in [-0.4, -0.2) is 28.1 Å². The second-order valence-electron chi connectivity index (χ2n) is 3.67. The third-order valence-corrected chi connectivity index (χ3v) is 2.14. The summed E-state index contributed by atoms with van der Waals surface area (Å²) >= 11 is 0. The van der Waals surface area contributed by atoms with Crippen molar-refractivity contribution in [2.75, 3.05) is 0 Å². The summed E-state index contributed by atoms with van der Waals surface area (Å²) in [4.78, 5) is 26.0. The first-order valence-corrected chi connectivity index (χ1v) is 5.28. The van der Waals surface area contributed by atoms with Crippen molar-refractivity contribution in [3.63, 3.8) is 0 Å². The maximum atomic E-state index is 11.4. The zero-order valence-corrected chi connectivity index (χ0v) is 10.1. The number of nitrogens with one attached hydrogen (secondary N) is 1. The summed E-state index contributed by atoms with van der Waals surface area (Å²) in [5.74, 6) is -0.373. The lowest BCUT2D eigenvalue weighted by atomic mass is 10.3. The third-order valence-electron chi connectivity index (χ3n) is 2.14. The Morgan fingerprint density at radius 3 is 2.78 bits per heavy atom. The van der Waals surface area contributed by atoms with E-state index in [0.29, 0.717) is 5.69 Å². The van der Waals surface area contributed by atoms with Gasteiger partial charge in [-0.05, 0) is 26.0 Å². The van der Waals surface area contributed by atoms with Gasteiger partial charge in [0.1, 0.15) is 11.4 Å². The van der Waals surface area contributed by atoms with Gasteiger partial charge in [0.05, 0.1) is 6.61 Å². The molecule has 1 unspecified atom stereocenters. The minimum absolute atomic E-state index is 0.287. The van der Waals surface area contributed by atoms with Gasteiger partial charge in [0, 0.05) is 5.69 Å². The molecule has 3 amide bonds. The van der Waals surface area contributed by atoms with Crippen LogP contribution in [0, 0.1) is 6.92 Å². The summed E-state index contributed by atoms with van der Waals surface area (Å²) in [6, 6.07) is 2.34. The van der Waals surface area contributed by atoms with Gasteiger partial charge in [0.2, 0.25) is 0 Å². The van der Waals surface area contributed by atoms with Crippen LogP contribution in [0.1, 0.15) is 18.3 Å². The number of ether oxygens (including phenoxy) is 1. The van der Waals surface area contributed by atoms with Gasteiger partial charge in [-0.2, -0.15) is 0 Å². The zero-order valence-electron chi connectivity index (χ0n) is 10.1. The molecule has 7 heteroatoms. The fraction of sp³-hybridized carbons (Fsp3) is 0.364. The van der Waals surface area contributed by atoms with Crippen LogP contribution in [0.3, 0.4) is 0 Å². The smallest absolute Gasteiger partial charge is 0.318 e. The molecule has 0 aromatic carbocycles. The first kappa shape index (κ1) is 13.9. The minimum Gasteiger partial charge on any atom is -0.479 e. The van der Waals surface area contributed by atoms with E-state index in [9.17, 15) is 9.59 Å². The number of imide groups is 1. The number of aryl methyl sites for hydroxylation is 1. The highest BCUT2D eigenvalue weighted by Gasteiger charge is 2.17. The average Bonchev–Trinajstić information content (AvgIpc) is 2.30. The number of hydrogen-bond donors (Lipinski definition) is 3. The topological polar surface area (TPSA) is 115 Å². The Morgan fingerprint density at radius 1 is 1.56 bits per heavy atom. The van der Waals surface area contributed by atoms with Crippen LogP contribution in [0.4, 0.5) is 4.79 Å². The highest BCUT2D eigenvalue weighted by atomic mass is 16.5. The molecule has 0 radical (unpaired) electrons. The maximum Gasteiger partial charge on any atom is 0.318 e. The summed E-state index contributed by atoms with van der Waals surface area (Å²) in [5, 5.41) is 11.0. The number of carbonyl (C=O) groups is 2. The Balaban J connectivity index is 2.78. The normalized spacial score (nSPS) is 11.7. The molecule has 1 aromatic heterocycles. The molecule has 18 heavy (non-hydrogen) atoms. The van der Waals surface area contributed by atoms with E-state index < -0.39 is 18.0 Å². The number of urea groups is 1. The Hall–Kier alpha value is -2.15. The minimum atomic E-state index is -0.945. The highest BCUT2D eigenvalue weighted by Crippen LogP contribution is 2.18. The van der Waals surface area contributed by atoms with Crippen LogP contribution in [0.25, 0.3) is 0 Å². The number of aliphatic hydroxyl groups is 1. The lowest BCUT2D eigenvalue weighted by molar-refractivity contribution is -0.126. The first-order valence-electron chi connectivity index (χ1n) is 5.28. The molecule has 0 fully saturated rings. The van der Waals surface area contributed by atoms with Gasteiger partial charge in [-0.1, -0.05) is 0 Å². The van der Waals surface area contributed by atoms with Gasteiger partial charge in [0.25, 0.3) is 5.91 Å². The average molecular weight is 253 g/mol. The molecule has 0 aliphatic carbocycles. The Morgan fingerprint density at radius 2 is 2.22 bits per heavy atom. The SMILES string of the molecule is Cc1ccc(OC(C)C(=O)NC(N)=O)c(CO)n1. The third kappa shape index (κ3) is 3.70. The second-order valence-corrected chi connectivity index (χ2v) is 3.67. The van der Waals surface area contributed by atoms with Crippen LogP contribution in [0.5, 0.6) is 5.75 Å².